The average Bonchev–Trinajstić information content (AvgIpc) is 3.38. The number of pyridine rings is 1. The van der Waals surface area contributed by atoms with Crippen LogP contribution >= 0.6 is 11.6 Å². The minimum Gasteiger partial charge on any atom is -0.351 e. The van der Waals surface area contributed by atoms with E-state index in [-0.39, 0.29) is 22.7 Å². The zero-order chi connectivity index (χ0) is 28.9. The third kappa shape index (κ3) is 6.34. The molecule has 0 spiro atoms. The average molecular weight is 572 g/mol. The number of halogens is 1. The molecular formula is C32H34ClN5O3. The highest BCUT2D eigenvalue weighted by molar-refractivity contribution is 6.39. The number of nitrogens with zero attached hydrogens (tertiary/aromatic N) is 4. The molecule has 1 saturated heterocycles. The number of aromatic nitrogens is 2. The van der Waals surface area contributed by atoms with E-state index < -0.39 is 0 Å². The molecule has 1 N–H and O–H groups in total. The fourth-order valence-electron chi connectivity index (χ4n) is 5.36. The van der Waals surface area contributed by atoms with Gasteiger partial charge in [0.15, 0.2) is 0 Å². The van der Waals surface area contributed by atoms with Crippen molar-refractivity contribution in [3.05, 3.63) is 100 Å². The largest absolute Gasteiger partial charge is 0.351 e. The van der Waals surface area contributed by atoms with Crippen LogP contribution in [0.3, 0.4) is 0 Å². The summed E-state index contributed by atoms with van der Waals surface area (Å²) in [5.41, 5.74) is 2.63. The molecule has 4 aromatic rings. The zero-order valence-electron chi connectivity index (χ0n) is 23.3. The van der Waals surface area contributed by atoms with Gasteiger partial charge in [-0.1, -0.05) is 48.0 Å². The summed E-state index contributed by atoms with van der Waals surface area (Å²) in [7, 11) is 3.85. The van der Waals surface area contributed by atoms with Gasteiger partial charge in [-0.15, -0.1) is 0 Å². The number of benzene rings is 2. The van der Waals surface area contributed by atoms with Gasteiger partial charge in [0.05, 0.1) is 27.2 Å². The summed E-state index contributed by atoms with van der Waals surface area (Å²) in [6, 6.07) is 17.1. The molecule has 0 unspecified atom stereocenters. The number of hydrogen-bond donors (Lipinski definition) is 1. The standard InChI is InChI=1S/C32H34ClN5O3/c1-36(2)18-15-35-30(39)27-21-38(31(40)24-9-6-14-34-20-24)29-25(27)10-11-26(28(29)33)32(41)37-16-12-23(13-17-37)19-22-7-4-3-5-8-22/h3-11,14,20-21,23H,12-13,15-19H2,1-2H3,(H,35,39). The van der Waals surface area contributed by atoms with Gasteiger partial charge in [-0.05, 0) is 63.0 Å². The first-order valence-corrected chi connectivity index (χ1v) is 14.3. The molecule has 2 aromatic heterocycles. The number of piperidine rings is 1. The smallest absolute Gasteiger partial charge is 0.263 e. The molecule has 0 radical (unpaired) electrons. The first-order valence-electron chi connectivity index (χ1n) is 13.9. The maximum Gasteiger partial charge on any atom is 0.263 e. The van der Waals surface area contributed by atoms with Gasteiger partial charge in [-0.3, -0.25) is 23.9 Å². The Labute approximate surface area is 244 Å². The molecule has 212 valence electrons. The van der Waals surface area contributed by atoms with E-state index in [0.29, 0.717) is 59.7 Å². The van der Waals surface area contributed by atoms with E-state index in [1.165, 1.54) is 22.5 Å². The van der Waals surface area contributed by atoms with Gasteiger partial charge in [0.2, 0.25) is 0 Å². The summed E-state index contributed by atoms with van der Waals surface area (Å²) in [4.78, 5) is 48.3. The summed E-state index contributed by atoms with van der Waals surface area (Å²) in [5, 5.41) is 3.57. The van der Waals surface area contributed by atoms with Gasteiger partial charge in [-0.25, -0.2) is 0 Å². The predicted octanol–water partition coefficient (Wildman–Crippen LogP) is 4.76. The van der Waals surface area contributed by atoms with Crippen molar-refractivity contribution < 1.29 is 14.4 Å². The second-order valence-electron chi connectivity index (χ2n) is 10.8. The quantitative estimate of drug-likeness (QED) is 0.329. The summed E-state index contributed by atoms with van der Waals surface area (Å²) in [6.07, 6.45) is 7.37. The number of rotatable bonds is 8. The van der Waals surface area contributed by atoms with Crippen LogP contribution in [0.25, 0.3) is 10.9 Å². The Kier molecular flexibility index (Phi) is 8.81. The Hall–Kier alpha value is -4.01. The number of likely N-dealkylation sites (tertiary alicyclic amines) is 1. The maximum atomic E-state index is 13.7. The monoisotopic (exact) mass is 571 g/mol. The molecule has 1 aliphatic heterocycles. The number of amides is 2. The van der Waals surface area contributed by atoms with Crippen LogP contribution in [0.15, 0.2) is 73.2 Å². The van der Waals surface area contributed by atoms with Gasteiger partial charge in [-0.2, -0.15) is 0 Å². The molecule has 0 bridgehead atoms. The van der Waals surface area contributed by atoms with Gasteiger partial charge in [0.25, 0.3) is 17.7 Å². The fraction of sp³-hybridized carbons (Fsp3) is 0.312. The lowest BCUT2D eigenvalue weighted by atomic mass is 9.90. The lowest BCUT2D eigenvalue weighted by Crippen LogP contribution is -2.39. The van der Waals surface area contributed by atoms with Crippen molar-refractivity contribution in [3.8, 4) is 0 Å². The lowest BCUT2D eigenvalue weighted by Gasteiger charge is -2.32. The van der Waals surface area contributed by atoms with Crippen molar-refractivity contribution in [1.82, 2.24) is 24.7 Å². The second-order valence-corrected chi connectivity index (χ2v) is 11.1. The highest BCUT2D eigenvalue weighted by Gasteiger charge is 2.28. The van der Waals surface area contributed by atoms with E-state index in [9.17, 15) is 14.4 Å². The van der Waals surface area contributed by atoms with Gasteiger partial charge in [0, 0.05) is 50.2 Å². The molecule has 3 heterocycles. The number of fused-ring (bicyclic) bond motifs is 1. The third-order valence-corrected chi connectivity index (χ3v) is 8.00. The Morgan fingerprint density at radius 1 is 0.976 bits per heavy atom. The van der Waals surface area contributed by atoms with Crippen LogP contribution < -0.4 is 5.32 Å². The summed E-state index contributed by atoms with van der Waals surface area (Å²) in [5.74, 6) is -0.357. The number of nitrogens with one attached hydrogen (secondary N) is 1. The minimum absolute atomic E-state index is 0.156. The van der Waals surface area contributed by atoms with Gasteiger partial charge in [0.1, 0.15) is 0 Å². The van der Waals surface area contributed by atoms with Crippen molar-refractivity contribution in [2.24, 2.45) is 5.92 Å². The molecule has 0 aliphatic carbocycles. The van der Waals surface area contributed by atoms with E-state index in [4.69, 9.17) is 11.6 Å². The van der Waals surface area contributed by atoms with Crippen molar-refractivity contribution in [2.45, 2.75) is 19.3 Å². The number of carbonyl (C=O) groups excluding carboxylic acids is 3. The molecule has 1 aliphatic rings. The van der Waals surface area contributed by atoms with E-state index in [0.717, 1.165) is 19.3 Å². The van der Waals surface area contributed by atoms with E-state index >= 15 is 0 Å². The molecule has 1 fully saturated rings. The minimum atomic E-state index is -0.385. The highest BCUT2D eigenvalue weighted by Crippen LogP contribution is 2.33. The van der Waals surface area contributed by atoms with Crippen LogP contribution in [0.5, 0.6) is 0 Å². The van der Waals surface area contributed by atoms with Crippen LogP contribution in [0.1, 0.15) is 49.5 Å². The van der Waals surface area contributed by atoms with Gasteiger partial charge >= 0.3 is 0 Å². The number of hydrogen-bond acceptors (Lipinski definition) is 5. The van der Waals surface area contributed by atoms with Crippen LogP contribution in [-0.2, 0) is 6.42 Å². The second kappa shape index (κ2) is 12.7. The molecule has 0 saturated carbocycles. The number of likely N-dealkylation sites (N-methyl/N-ethyl adjacent to an activating group) is 1. The maximum absolute atomic E-state index is 13.7. The van der Waals surface area contributed by atoms with Crippen LogP contribution in [0.2, 0.25) is 5.02 Å². The molecule has 5 rings (SSSR count). The van der Waals surface area contributed by atoms with Crippen molar-refractivity contribution in [2.75, 3.05) is 40.3 Å². The highest BCUT2D eigenvalue weighted by atomic mass is 35.5. The SMILES string of the molecule is CN(C)CCNC(=O)c1cn(C(=O)c2cccnc2)c2c(Cl)c(C(=O)N3CCC(Cc4ccccc4)CC3)ccc12. The Bertz CT molecular complexity index is 1540. The third-order valence-electron chi connectivity index (χ3n) is 7.62. The molecular weight excluding hydrogens is 538 g/mol. The fourth-order valence-corrected chi connectivity index (χ4v) is 5.70. The molecule has 2 amide bonds. The molecule has 2 aromatic carbocycles. The summed E-state index contributed by atoms with van der Waals surface area (Å²) in [6.45, 7) is 2.39. The Morgan fingerprint density at radius 2 is 1.73 bits per heavy atom. The van der Waals surface area contributed by atoms with Crippen LogP contribution in [0.4, 0.5) is 0 Å². The van der Waals surface area contributed by atoms with Crippen LogP contribution in [-0.4, -0.2) is 77.3 Å². The van der Waals surface area contributed by atoms with Crippen molar-refractivity contribution in [1.29, 1.82) is 0 Å². The molecule has 0 atom stereocenters. The summed E-state index contributed by atoms with van der Waals surface area (Å²) >= 11 is 6.92. The molecule has 41 heavy (non-hydrogen) atoms. The normalized spacial score (nSPS) is 14.0. The Balaban J connectivity index is 1.43. The van der Waals surface area contributed by atoms with Crippen molar-refractivity contribution >= 4 is 40.2 Å². The lowest BCUT2D eigenvalue weighted by molar-refractivity contribution is 0.0690. The molecule has 9 heteroatoms. The van der Waals surface area contributed by atoms with E-state index in [1.54, 1.807) is 30.5 Å². The summed E-state index contributed by atoms with van der Waals surface area (Å²) < 4.78 is 1.36. The van der Waals surface area contributed by atoms with Gasteiger partial charge < -0.3 is 15.1 Å². The first-order chi connectivity index (χ1) is 19.8. The van der Waals surface area contributed by atoms with Crippen LogP contribution in [0, 0.1) is 5.92 Å². The zero-order valence-corrected chi connectivity index (χ0v) is 24.1. The Morgan fingerprint density at radius 3 is 2.41 bits per heavy atom. The predicted molar refractivity (Wildman–Crippen MR) is 161 cm³/mol. The first kappa shape index (κ1) is 28.5. The van der Waals surface area contributed by atoms with E-state index in [1.807, 2.05) is 30.0 Å². The number of carbonyl (C=O) groups is 3. The van der Waals surface area contributed by atoms with E-state index in [2.05, 4.69) is 34.6 Å². The topological polar surface area (TPSA) is 87.5 Å². The molecule has 8 nitrogen and oxygen atoms in total. The van der Waals surface area contributed by atoms with Crippen molar-refractivity contribution in [3.63, 3.8) is 0 Å².